The van der Waals surface area contributed by atoms with Gasteiger partial charge in [-0.05, 0) is 53.6 Å². The average molecular weight is 518 g/mol. The number of hydrogen-bond donors (Lipinski definition) is 3. The van der Waals surface area contributed by atoms with Gasteiger partial charge in [0, 0.05) is 16.5 Å². The van der Waals surface area contributed by atoms with Crippen LogP contribution in [0.5, 0.6) is 5.75 Å². The van der Waals surface area contributed by atoms with Crippen LogP contribution in [0.2, 0.25) is 0 Å². The van der Waals surface area contributed by atoms with Crippen molar-refractivity contribution in [2.24, 2.45) is 0 Å². The molecule has 2 aliphatic rings. The Kier molecular flexibility index (Phi) is 7.79. The number of aliphatic hydroxyl groups excluding tert-OH is 1. The van der Waals surface area contributed by atoms with Crippen LogP contribution in [-0.4, -0.2) is 80.3 Å². The molecule has 0 unspecified atom stereocenters. The summed E-state index contributed by atoms with van der Waals surface area (Å²) in [6.07, 6.45) is -0.525. The second-order valence-corrected chi connectivity index (χ2v) is 11.1. The molecule has 2 heterocycles. The van der Waals surface area contributed by atoms with E-state index in [0.717, 1.165) is 49.2 Å². The molecule has 1 saturated heterocycles. The minimum absolute atomic E-state index is 0.194. The fourth-order valence-electron chi connectivity index (χ4n) is 5.94. The van der Waals surface area contributed by atoms with Gasteiger partial charge in [0.05, 0.1) is 13.1 Å². The summed E-state index contributed by atoms with van der Waals surface area (Å²) in [4.78, 5) is 30.4. The third-order valence-corrected chi connectivity index (χ3v) is 8.04. The van der Waals surface area contributed by atoms with Gasteiger partial charge in [0.15, 0.2) is 0 Å². The van der Waals surface area contributed by atoms with E-state index in [1.54, 1.807) is 0 Å². The SMILES string of the molecule is Cc1cc(OC[C@H](O)C[NH+]2CC[NH+](CCN3C(=O)c4cccc5cccc(c45)C3=O)CC2)ccc1C(C)C. The predicted molar refractivity (Wildman–Crippen MR) is 147 cm³/mol. The van der Waals surface area contributed by atoms with E-state index >= 15 is 0 Å². The second kappa shape index (κ2) is 11.2. The van der Waals surface area contributed by atoms with Gasteiger partial charge >= 0.3 is 0 Å². The average Bonchev–Trinajstić information content (AvgIpc) is 2.91. The molecule has 0 aromatic heterocycles. The van der Waals surface area contributed by atoms with Gasteiger partial charge in [0.1, 0.15) is 51.2 Å². The Hall–Kier alpha value is -3.26. The molecule has 5 rings (SSSR count). The Morgan fingerprint density at radius 3 is 2.16 bits per heavy atom. The Labute approximate surface area is 224 Å². The van der Waals surface area contributed by atoms with Gasteiger partial charge in [-0.15, -0.1) is 0 Å². The molecule has 3 aromatic carbocycles. The molecule has 7 heteroatoms. The smallest absolute Gasteiger partial charge is 0.261 e. The van der Waals surface area contributed by atoms with Gasteiger partial charge in [0.2, 0.25) is 0 Å². The molecule has 0 spiro atoms. The molecule has 200 valence electrons. The van der Waals surface area contributed by atoms with E-state index in [0.29, 0.717) is 30.1 Å². The molecule has 7 nitrogen and oxygen atoms in total. The van der Waals surface area contributed by atoms with Crippen LogP contribution in [0.15, 0.2) is 54.6 Å². The van der Waals surface area contributed by atoms with Crippen LogP contribution < -0.4 is 14.5 Å². The van der Waals surface area contributed by atoms with Crippen LogP contribution in [-0.2, 0) is 0 Å². The third kappa shape index (κ3) is 5.46. The zero-order valence-corrected chi connectivity index (χ0v) is 22.6. The van der Waals surface area contributed by atoms with Crippen molar-refractivity contribution in [3.8, 4) is 5.75 Å². The summed E-state index contributed by atoms with van der Waals surface area (Å²) in [7, 11) is 0. The van der Waals surface area contributed by atoms with Crippen molar-refractivity contribution < 1.29 is 29.2 Å². The molecular formula is C31H39N3O4+2. The van der Waals surface area contributed by atoms with Crippen molar-refractivity contribution >= 4 is 22.6 Å². The minimum Gasteiger partial charge on any atom is -0.491 e. The van der Waals surface area contributed by atoms with E-state index in [-0.39, 0.29) is 18.4 Å². The number of rotatable bonds is 9. The van der Waals surface area contributed by atoms with E-state index in [4.69, 9.17) is 4.74 Å². The van der Waals surface area contributed by atoms with E-state index in [2.05, 4.69) is 26.8 Å². The van der Waals surface area contributed by atoms with Crippen molar-refractivity contribution in [3.63, 3.8) is 0 Å². The minimum atomic E-state index is -0.525. The first-order valence-corrected chi connectivity index (χ1v) is 13.8. The largest absolute Gasteiger partial charge is 0.491 e. The van der Waals surface area contributed by atoms with Crippen molar-refractivity contribution in [2.45, 2.75) is 32.8 Å². The normalized spacial score (nSPS) is 20.3. The number of nitrogens with zero attached hydrogens (tertiary/aromatic N) is 1. The predicted octanol–water partition coefficient (Wildman–Crippen LogP) is 1.09. The maximum absolute atomic E-state index is 13.1. The van der Waals surface area contributed by atoms with Crippen LogP contribution in [0.1, 0.15) is 51.6 Å². The Morgan fingerprint density at radius 2 is 1.55 bits per heavy atom. The number of ether oxygens (including phenoxy) is 1. The monoisotopic (exact) mass is 517 g/mol. The van der Waals surface area contributed by atoms with E-state index in [1.165, 1.54) is 25.8 Å². The van der Waals surface area contributed by atoms with Crippen molar-refractivity contribution in [2.75, 3.05) is 52.4 Å². The number of nitrogens with one attached hydrogen (secondary N) is 2. The summed E-state index contributed by atoms with van der Waals surface area (Å²) in [6.45, 7) is 12.3. The quantitative estimate of drug-likeness (QED) is 0.372. The standard InChI is InChI=1S/C31H37N3O4/c1-21(2)26-11-10-25(18-22(26)3)38-20-24(35)19-33-14-12-32(13-15-33)16-17-34-30(36)27-8-4-6-23-7-5-9-28(29(23)27)31(34)37/h4-11,18,21,24,35H,12-17,19-20H2,1-3H3/p+2/t24-/m1/s1. The number of hydrogen-bond acceptors (Lipinski definition) is 4. The number of imide groups is 1. The highest BCUT2D eigenvalue weighted by Gasteiger charge is 2.34. The first-order valence-electron chi connectivity index (χ1n) is 13.8. The van der Waals surface area contributed by atoms with Crippen LogP contribution >= 0.6 is 0 Å². The van der Waals surface area contributed by atoms with Gasteiger partial charge in [-0.2, -0.15) is 0 Å². The summed E-state index contributed by atoms with van der Waals surface area (Å²) >= 11 is 0. The molecule has 0 bridgehead atoms. The highest BCUT2D eigenvalue weighted by atomic mass is 16.5. The molecule has 3 aromatic rings. The lowest BCUT2D eigenvalue weighted by atomic mass is 9.94. The number of carbonyl (C=O) groups is 2. The lowest BCUT2D eigenvalue weighted by Crippen LogP contribution is -3.28. The highest BCUT2D eigenvalue weighted by Crippen LogP contribution is 2.29. The van der Waals surface area contributed by atoms with E-state index < -0.39 is 6.10 Å². The number of benzene rings is 3. The van der Waals surface area contributed by atoms with Gasteiger partial charge in [-0.25, -0.2) is 0 Å². The number of aliphatic hydroxyl groups is 1. The third-order valence-electron chi connectivity index (χ3n) is 8.04. The number of aryl methyl sites for hydroxylation is 1. The van der Waals surface area contributed by atoms with Crippen molar-refractivity contribution in [1.82, 2.24) is 4.90 Å². The van der Waals surface area contributed by atoms with E-state index in [9.17, 15) is 14.7 Å². The van der Waals surface area contributed by atoms with Gasteiger partial charge < -0.3 is 19.6 Å². The Balaban J connectivity index is 1.08. The molecule has 1 atom stereocenters. The van der Waals surface area contributed by atoms with Gasteiger partial charge in [-0.1, -0.05) is 44.2 Å². The first-order chi connectivity index (χ1) is 18.3. The molecule has 38 heavy (non-hydrogen) atoms. The van der Waals surface area contributed by atoms with Crippen LogP contribution in [0.3, 0.4) is 0 Å². The fraction of sp³-hybridized carbons (Fsp3) is 0.419. The summed E-state index contributed by atoms with van der Waals surface area (Å²) < 4.78 is 5.88. The lowest BCUT2D eigenvalue weighted by molar-refractivity contribution is -1.01. The lowest BCUT2D eigenvalue weighted by Gasteiger charge is -2.32. The van der Waals surface area contributed by atoms with Crippen molar-refractivity contribution in [1.29, 1.82) is 0 Å². The number of amides is 2. The molecule has 2 amide bonds. The van der Waals surface area contributed by atoms with Crippen LogP contribution in [0, 0.1) is 6.92 Å². The fourth-order valence-corrected chi connectivity index (χ4v) is 5.94. The summed E-state index contributed by atoms with van der Waals surface area (Å²) in [5.41, 5.74) is 3.76. The molecule has 0 saturated carbocycles. The van der Waals surface area contributed by atoms with Crippen LogP contribution in [0.25, 0.3) is 10.8 Å². The zero-order chi connectivity index (χ0) is 26.8. The van der Waals surface area contributed by atoms with Gasteiger partial charge in [-0.3, -0.25) is 14.5 Å². The van der Waals surface area contributed by atoms with Crippen molar-refractivity contribution in [3.05, 3.63) is 76.9 Å². The van der Waals surface area contributed by atoms with Crippen LogP contribution in [0.4, 0.5) is 0 Å². The second-order valence-electron chi connectivity index (χ2n) is 11.1. The zero-order valence-electron chi connectivity index (χ0n) is 22.6. The summed E-state index contributed by atoms with van der Waals surface area (Å²) in [5.74, 6) is 0.891. The Morgan fingerprint density at radius 1 is 0.921 bits per heavy atom. The molecule has 2 aliphatic heterocycles. The molecule has 1 fully saturated rings. The molecule has 3 N–H and O–H groups in total. The first kappa shape index (κ1) is 26.4. The topological polar surface area (TPSA) is 75.7 Å². The highest BCUT2D eigenvalue weighted by molar-refractivity contribution is 6.25. The summed E-state index contributed by atoms with van der Waals surface area (Å²) in [6, 6.07) is 17.4. The maximum Gasteiger partial charge on any atom is 0.261 e. The summed E-state index contributed by atoms with van der Waals surface area (Å²) in [5, 5.41) is 12.3. The van der Waals surface area contributed by atoms with Gasteiger partial charge in [0.25, 0.3) is 11.8 Å². The molecule has 0 aliphatic carbocycles. The maximum atomic E-state index is 13.1. The number of carbonyl (C=O) groups excluding carboxylic acids is 2. The van der Waals surface area contributed by atoms with E-state index in [1.807, 2.05) is 48.5 Å². The number of piperazine rings is 1. The molecular weight excluding hydrogens is 478 g/mol. The number of quaternary nitrogens is 2. The molecule has 0 radical (unpaired) electrons. The Bertz CT molecular complexity index is 1280.